The van der Waals surface area contributed by atoms with Gasteiger partial charge in [0.05, 0.1) is 8.07 Å². The van der Waals surface area contributed by atoms with Crippen LogP contribution in [0, 0.1) is 0 Å². The van der Waals surface area contributed by atoms with Crippen LogP contribution in [0.4, 0.5) is 0 Å². The minimum atomic E-state index is -0.825. The van der Waals surface area contributed by atoms with E-state index in [9.17, 15) is 0 Å². The molecule has 0 amide bonds. The van der Waals surface area contributed by atoms with E-state index in [0.717, 1.165) is 0 Å². The van der Waals surface area contributed by atoms with Gasteiger partial charge in [-0.05, 0) is 13.0 Å². The normalized spacial score (nSPS) is 12.7. The Hall–Kier alpha value is -0.0431. The van der Waals surface area contributed by atoms with E-state index >= 15 is 0 Å². The predicted molar refractivity (Wildman–Crippen MR) is 56.8 cm³/mol. The summed E-state index contributed by atoms with van der Waals surface area (Å²) in [4.78, 5) is 0. The van der Waals surface area contributed by atoms with Gasteiger partial charge >= 0.3 is 0 Å². The molecule has 0 atom stereocenters. The second-order valence-corrected chi connectivity index (χ2v) is 8.86. The van der Waals surface area contributed by atoms with Crippen molar-refractivity contribution in [3.63, 3.8) is 0 Å². The van der Waals surface area contributed by atoms with Gasteiger partial charge in [-0.2, -0.15) is 0 Å². The highest BCUT2D eigenvalue weighted by atomic mass is 28.3. The SMILES string of the molecule is CC=CC[Si](CC)(CC)CC. The van der Waals surface area contributed by atoms with Gasteiger partial charge in [0.1, 0.15) is 0 Å². The van der Waals surface area contributed by atoms with Gasteiger partial charge in [0.15, 0.2) is 0 Å². The molecule has 0 fully saturated rings. The fraction of sp³-hybridized carbons (Fsp3) is 0.800. The topological polar surface area (TPSA) is 0 Å². The summed E-state index contributed by atoms with van der Waals surface area (Å²) in [6.45, 7) is 9.22. The van der Waals surface area contributed by atoms with Gasteiger partial charge in [0, 0.05) is 0 Å². The summed E-state index contributed by atoms with van der Waals surface area (Å²) in [5.41, 5.74) is 0. The molecule has 0 radical (unpaired) electrons. The molecule has 0 aliphatic carbocycles. The summed E-state index contributed by atoms with van der Waals surface area (Å²) in [6.07, 6.45) is 4.56. The van der Waals surface area contributed by atoms with Crippen LogP contribution in [0.25, 0.3) is 0 Å². The first-order valence-corrected chi connectivity index (χ1v) is 7.68. The lowest BCUT2D eigenvalue weighted by Crippen LogP contribution is -2.29. The first kappa shape index (κ1) is 11.0. The van der Waals surface area contributed by atoms with E-state index in [2.05, 4.69) is 39.8 Å². The summed E-state index contributed by atoms with van der Waals surface area (Å²) in [5.74, 6) is 0. The lowest BCUT2D eigenvalue weighted by molar-refractivity contribution is 1.14. The Morgan fingerprint density at radius 2 is 1.45 bits per heavy atom. The lowest BCUT2D eigenvalue weighted by Gasteiger charge is -2.26. The summed E-state index contributed by atoms with van der Waals surface area (Å²) in [5, 5.41) is 0. The predicted octanol–water partition coefficient (Wildman–Crippen LogP) is 4.07. The molecule has 0 aliphatic heterocycles. The first-order valence-electron chi connectivity index (χ1n) is 4.85. The molecule has 0 spiro atoms. The third-order valence-electron chi connectivity index (χ3n) is 3.04. The molecule has 0 aromatic carbocycles. The molecule has 0 aromatic heterocycles. The van der Waals surface area contributed by atoms with E-state index in [1.165, 1.54) is 24.2 Å². The molecule has 0 rings (SSSR count). The fourth-order valence-electron chi connectivity index (χ4n) is 1.55. The van der Waals surface area contributed by atoms with E-state index < -0.39 is 8.07 Å². The van der Waals surface area contributed by atoms with Crippen LogP contribution < -0.4 is 0 Å². The van der Waals surface area contributed by atoms with Crippen LogP contribution in [-0.2, 0) is 0 Å². The molecule has 0 unspecified atom stereocenters. The van der Waals surface area contributed by atoms with Crippen LogP contribution in [0.5, 0.6) is 0 Å². The molecule has 0 saturated carbocycles. The van der Waals surface area contributed by atoms with Gasteiger partial charge in [-0.25, -0.2) is 0 Å². The maximum absolute atomic E-state index is 2.36. The van der Waals surface area contributed by atoms with Crippen LogP contribution in [0.1, 0.15) is 27.7 Å². The van der Waals surface area contributed by atoms with Crippen LogP contribution in [0.15, 0.2) is 12.2 Å². The van der Waals surface area contributed by atoms with E-state index in [1.807, 2.05) is 0 Å². The Balaban J connectivity index is 4.04. The van der Waals surface area contributed by atoms with Gasteiger partial charge in [0.25, 0.3) is 0 Å². The quantitative estimate of drug-likeness (QED) is 0.431. The maximum atomic E-state index is 2.36. The van der Waals surface area contributed by atoms with Gasteiger partial charge in [-0.3, -0.25) is 0 Å². The molecule has 0 bridgehead atoms. The van der Waals surface area contributed by atoms with Crippen molar-refractivity contribution in [1.29, 1.82) is 0 Å². The van der Waals surface area contributed by atoms with Crippen molar-refractivity contribution in [2.75, 3.05) is 0 Å². The number of rotatable bonds is 5. The monoisotopic (exact) mass is 170 g/mol. The molecule has 0 saturated heterocycles. The van der Waals surface area contributed by atoms with Gasteiger partial charge < -0.3 is 0 Å². The minimum absolute atomic E-state index is 0.825. The summed E-state index contributed by atoms with van der Waals surface area (Å²) < 4.78 is 0. The summed E-state index contributed by atoms with van der Waals surface area (Å²) >= 11 is 0. The highest BCUT2D eigenvalue weighted by Gasteiger charge is 2.24. The highest BCUT2D eigenvalue weighted by Crippen LogP contribution is 2.25. The first-order chi connectivity index (χ1) is 5.24. The average Bonchev–Trinajstić information content (AvgIpc) is 2.08. The van der Waals surface area contributed by atoms with Gasteiger partial charge in [0.2, 0.25) is 0 Å². The van der Waals surface area contributed by atoms with Crippen molar-refractivity contribution in [3.8, 4) is 0 Å². The lowest BCUT2D eigenvalue weighted by atomic mass is 10.6. The number of allylic oxidation sites excluding steroid dienone is 2. The van der Waals surface area contributed by atoms with Crippen LogP contribution in [-0.4, -0.2) is 8.07 Å². The number of hydrogen-bond donors (Lipinski definition) is 0. The Bertz CT molecular complexity index is 104. The second-order valence-electron chi connectivity index (χ2n) is 3.33. The van der Waals surface area contributed by atoms with Crippen LogP contribution >= 0.6 is 0 Å². The van der Waals surface area contributed by atoms with Crippen LogP contribution in [0.2, 0.25) is 24.2 Å². The zero-order valence-corrected chi connectivity index (χ0v) is 9.48. The fourth-order valence-corrected chi connectivity index (χ4v) is 4.65. The van der Waals surface area contributed by atoms with Crippen molar-refractivity contribution < 1.29 is 0 Å². The Morgan fingerprint density at radius 1 is 1.00 bits per heavy atom. The minimum Gasteiger partial charge on any atom is -0.0919 e. The van der Waals surface area contributed by atoms with E-state index in [1.54, 1.807) is 0 Å². The van der Waals surface area contributed by atoms with Crippen molar-refractivity contribution in [2.24, 2.45) is 0 Å². The second kappa shape index (κ2) is 5.59. The molecule has 0 N–H and O–H groups in total. The zero-order chi connectivity index (χ0) is 8.74. The Morgan fingerprint density at radius 3 is 1.73 bits per heavy atom. The molecular formula is C10H22Si. The number of hydrogen-bond acceptors (Lipinski definition) is 0. The van der Waals surface area contributed by atoms with Crippen molar-refractivity contribution in [2.45, 2.75) is 51.9 Å². The van der Waals surface area contributed by atoms with E-state index in [4.69, 9.17) is 0 Å². The molecular weight excluding hydrogens is 148 g/mol. The molecule has 66 valence electrons. The largest absolute Gasteiger partial charge is 0.0919 e. The molecule has 0 heterocycles. The molecule has 11 heavy (non-hydrogen) atoms. The molecule has 0 aliphatic rings. The Kier molecular flexibility index (Phi) is 5.57. The smallest absolute Gasteiger partial charge is 0.0565 e. The summed E-state index contributed by atoms with van der Waals surface area (Å²) in [6, 6.07) is 5.74. The summed E-state index contributed by atoms with van der Waals surface area (Å²) in [7, 11) is -0.825. The van der Waals surface area contributed by atoms with Crippen molar-refractivity contribution >= 4 is 8.07 Å². The third-order valence-corrected chi connectivity index (χ3v) is 8.64. The van der Waals surface area contributed by atoms with Crippen molar-refractivity contribution in [1.82, 2.24) is 0 Å². The van der Waals surface area contributed by atoms with Crippen molar-refractivity contribution in [3.05, 3.63) is 12.2 Å². The van der Waals surface area contributed by atoms with Crippen LogP contribution in [0.3, 0.4) is 0 Å². The highest BCUT2D eigenvalue weighted by molar-refractivity contribution is 6.80. The molecule has 0 nitrogen and oxygen atoms in total. The zero-order valence-electron chi connectivity index (χ0n) is 8.48. The molecule has 0 aromatic rings. The van der Waals surface area contributed by atoms with Gasteiger partial charge in [-0.1, -0.05) is 51.1 Å². The Labute approximate surface area is 72.7 Å². The maximum Gasteiger partial charge on any atom is 0.0565 e. The van der Waals surface area contributed by atoms with E-state index in [0.29, 0.717) is 0 Å². The third kappa shape index (κ3) is 3.24. The molecule has 1 heteroatoms. The van der Waals surface area contributed by atoms with Gasteiger partial charge in [-0.15, -0.1) is 0 Å². The average molecular weight is 170 g/mol. The standard InChI is InChI=1S/C10H22Si/c1-5-9-10-11(6-2,7-3)8-4/h5,9H,6-8,10H2,1-4H3. The van der Waals surface area contributed by atoms with E-state index in [-0.39, 0.29) is 0 Å².